The van der Waals surface area contributed by atoms with Crippen molar-refractivity contribution in [3.05, 3.63) is 23.3 Å². The maximum atomic E-state index is 11.9. The summed E-state index contributed by atoms with van der Waals surface area (Å²) in [5, 5.41) is 10.7. The average Bonchev–Trinajstić information content (AvgIpc) is 3.00. The number of allylic oxidation sites excluding steroid dienone is 2. The van der Waals surface area contributed by atoms with E-state index in [1.54, 1.807) is 0 Å². The van der Waals surface area contributed by atoms with E-state index in [0.29, 0.717) is 13.0 Å². The molecular weight excluding hydrogens is 360 g/mol. The fourth-order valence-electron chi connectivity index (χ4n) is 8.00. The molecule has 4 aliphatic carbocycles. The number of hydrogen-bond acceptors (Lipinski definition) is 3. The molecule has 0 aromatic carbocycles. The Hall–Kier alpha value is -1.09. The molecule has 3 nitrogen and oxygen atoms in total. The highest BCUT2D eigenvalue weighted by atomic mass is 16.5. The van der Waals surface area contributed by atoms with Crippen LogP contribution in [0.2, 0.25) is 0 Å². The first-order valence-corrected chi connectivity index (χ1v) is 11.9. The maximum absolute atomic E-state index is 11.9. The molecule has 0 radical (unpaired) electrons. The van der Waals surface area contributed by atoms with Crippen molar-refractivity contribution in [3.8, 4) is 0 Å². The van der Waals surface area contributed by atoms with Crippen LogP contribution in [0.4, 0.5) is 0 Å². The van der Waals surface area contributed by atoms with Gasteiger partial charge in [0.1, 0.15) is 0 Å². The molecule has 0 aromatic heterocycles. The molecular formula is C26H40O3. The van der Waals surface area contributed by atoms with Gasteiger partial charge in [0, 0.05) is 5.41 Å². The van der Waals surface area contributed by atoms with Gasteiger partial charge in [-0.1, -0.05) is 51.0 Å². The highest BCUT2D eigenvalue weighted by Gasteiger charge is 2.59. The molecule has 0 spiro atoms. The van der Waals surface area contributed by atoms with Crippen molar-refractivity contribution in [2.45, 2.75) is 92.1 Å². The second kappa shape index (κ2) is 7.25. The standard InChI is InChI=1S/C26H40O3/c1-6-29-23(28)12-8-17-7-10-19-18-9-11-21-24(2,3)22(27)14-16-26(21,5)20(18)13-15-25(17,19)4/h8,11,18-20,22,27H,6-7,9-10,12-16H2,1-5H3/b17-8+/t18-,19-,20-,22-,25+,26+/m0/s1. The third-order valence-corrected chi connectivity index (χ3v) is 9.60. The summed E-state index contributed by atoms with van der Waals surface area (Å²) in [5.74, 6) is 2.10. The summed E-state index contributed by atoms with van der Waals surface area (Å²) in [4.78, 5) is 11.9. The van der Waals surface area contributed by atoms with Crippen molar-refractivity contribution in [2.75, 3.05) is 6.61 Å². The first kappa shape index (κ1) is 21.2. The molecule has 0 aromatic rings. The van der Waals surface area contributed by atoms with E-state index in [2.05, 4.69) is 39.8 Å². The molecule has 3 heteroatoms. The normalized spacial score (nSPS) is 44.5. The number of aliphatic hydroxyl groups excluding tert-OH is 1. The zero-order chi connectivity index (χ0) is 21.0. The summed E-state index contributed by atoms with van der Waals surface area (Å²) in [6.45, 7) is 11.8. The number of aliphatic hydroxyl groups is 1. The van der Waals surface area contributed by atoms with E-state index in [4.69, 9.17) is 4.74 Å². The Morgan fingerprint density at radius 2 is 1.83 bits per heavy atom. The Morgan fingerprint density at radius 1 is 1.14 bits per heavy atom. The van der Waals surface area contributed by atoms with Crippen molar-refractivity contribution >= 4 is 5.97 Å². The van der Waals surface area contributed by atoms with Crippen LogP contribution in [-0.4, -0.2) is 23.8 Å². The van der Waals surface area contributed by atoms with E-state index in [0.717, 1.165) is 43.4 Å². The van der Waals surface area contributed by atoms with E-state index in [1.807, 2.05) is 6.92 Å². The van der Waals surface area contributed by atoms with E-state index < -0.39 is 0 Å². The van der Waals surface area contributed by atoms with Gasteiger partial charge >= 0.3 is 5.97 Å². The van der Waals surface area contributed by atoms with Gasteiger partial charge in [0.2, 0.25) is 0 Å². The van der Waals surface area contributed by atoms with Crippen LogP contribution in [0.3, 0.4) is 0 Å². The van der Waals surface area contributed by atoms with Crippen LogP contribution in [0.15, 0.2) is 23.3 Å². The molecule has 0 aliphatic heterocycles. The molecule has 162 valence electrons. The van der Waals surface area contributed by atoms with Gasteiger partial charge in [0.15, 0.2) is 0 Å². The Balaban J connectivity index is 1.60. The van der Waals surface area contributed by atoms with Gasteiger partial charge in [0.05, 0.1) is 19.1 Å². The van der Waals surface area contributed by atoms with Crippen LogP contribution < -0.4 is 0 Å². The minimum absolute atomic E-state index is 0.0958. The molecule has 29 heavy (non-hydrogen) atoms. The smallest absolute Gasteiger partial charge is 0.309 e. The lowest BCUT2D eigenvalue weighted by molar-refractivity contribution is -0.142. The predicted octanol–water partition coefficient (Wildman–Crippen LogP) is 5.83. The lowest BCUT2D eigenvalue weighted by Crippen LogP contribution is -2.54. The molecule has 4 rings (SSSR count). The summed E-state index contributed by atoms with van der Waals surface area (Å²) in [7, 11) is 0. The van der Waals surface area contributed by atoms with Gasteiger partial charge in [-0.3, -0.25) is 4.79 Å². The SMILES string of the molecule is CCOC(=O)C/C=C1\CC[C@H]2[C@@H]3CC=C4C(C)(C)[C@@H](O)CC[C@]4(C)[C@H]3CC[C@]12C. The fraction of sp³-hybridized carbons (Fsp3) is 0.808. The van der Waals surface area contributed by atoms with E-state index in [9.17, 15) is 9.90 Å². The van der Waals surface area contributed by atoms with Crippen molar-refractivity contribution in [3.63, 3.8) is 0 Å². The predicted molar refractivity (Wildman–Crippen MR) is 116 cm³/mol. The summed E-state index contributed by atoms with van der Waals surface area (Å²) in [6.07, 6.45) is 13.1. The number of rotatable bonds is 3. The minimum Gasteiger partial charge on any atom is -0.466 e. The lowest BCUT2D eigenvalue weighted by Gasteiger charge is -2.60. The van der Waals surface area contributed by atoms with Crippen LogP contribution in [-0.2, 0) is 9.53 Å². The first-order valence-electron chi connectivity index (χ1n) is 11.9. The van der Waals surface area contributed by atoms with E-state index in [1.165, 1.54) is 30.4 Å². The van der Waals surface area contributed by atoms with Crippen LogP contribution in [0.25, 0.3) is 0 Å². The van der Waals surface area contributed by atoms with Crippen molar-refractivity contribution < 1.29 is 14.6 Å². The fourth-order valence-corrected chi connectivity index (χ4v) is 8.00. The quantitative estimate of drug-likeness (QED) is 0.479. The highest BCUT2D eigenvalue weighted by Crippen LogP contribution is 2.68. The highest BCUT2D eigenvalue weighted by molar-refractivity contribution is 5.71. The molecule has 0 heterocycles. The number of ether oxygens (including phenoxy) is 1. The Kier molecular flexibility index (Phi) is 5.29. The van der Waals surface area contributed by atoms with Crippen molar-refractivity contribution in [1.29, 1.82) is 0 Å². The second-order valence-electron chi connectivity index (χ2n) is 11.2. The summed E-state index contributed by atoms with van der Waals surface area (Å²) < 4.78 is 5.15. The van der Waals surface area contributed by atoms with Gasteiger partial charge in [-0.05, 0) is 80.5 Å². The number of carbonyl (C=O) groups is 1. The van der Waals surface area contributed by atoms with Gasteiger partial charge in [-0.25, -0.2) is 0 Å². The van der Waals surface area contributed by atoms with Gasteiger partial charge in [-0.15, -0.1) is 0 Å². The molecule has 0 amide bonds. The third kappa shape index (κ3) is 3.14. The van der Waals surface area contributed by atoms with E-state index in [-0.39, 0.29) is 28.3 Å². The van der Waals surface area contributed by atoms with E-state index >= 15 is 0 Å². The van der Waals surface area contributed by atoms with Crippen LogP contribution in [0, 0.1) is 34.0 Å². The molecule has 6 atom stereocenters. The third-order valence-electron chi connectivity index (χ3n) is 9.60. The van der Waals surface area contributed by atoms with Gasteiger partial charge in [-0.2, -0.15) is 0 Å². The second-order valence-corrected chi connectivity index (χ2v) is 11.2. The molecule has 3 saturated carbocycles. The molecule has 0 saturated heterocycles. The molecule has 4 aliphatic rings. The zero-order valence-electron chi connectivity index (χ0n) is 19.1. The number of hydrogen-bond donors (Lipinski definition) is 1. The molecule has 0 bridgehead atoms. The average molecular weight is 401 g/mol. The van der Waals surface area contributed by atoms with Crippen LogP contribution in [0.1, 0.15) is 86.0 Å². The van der Waals surface area contributed by atoms with Gasteiger partial charge in [0.25, 0.3) is 0 Å². The minimum atomic E-state index is -0.212. The van der Waals surface area contributed by atoms with Crippen LogP contribution in [0.5, 0.6) is 0 Å². The Bertz CT molecular complexity index is 732. The zero-order valence-corrected chi connectivity index (χ0v) is 19.1. The Morgan fingerprint density at radius 3 is 2.55 bits per heavy atom. The molecule has 0 unspecified atom stereocenters. The largest absolute Gasteiger partial charge is 0.466 e. The summed E-state index contributed by atoms with van der Waals surface area (Å²) in [6, 6.07) is 0. The lowest BCUT2D eigenvalue weighted by atomic mass is 9.44. The first-order chi connectivity index (χ1) is 13.6. The molecule has 3 fully saturated rings. The monoisotopic (exact) mass is 400 g/mol. The number of esters is 1. The van der Waals surface area contributed by atoms with Crippen molar-refractivity contribution in [2.24, 2.45) is 34.0 Å². The summed E-state index contributed by atoms with van der Waals surface area (Å²) in [5.41, 5.74) is 3.43. The maximum Gasteiger partial charge on any atom is 0.309 e. The van der Waals surface area contributed by atoms with Crippen molar-refractivity contribution in [1.82, 2.24) is 0 Å². The number of carbonyl (C=O) groups excluding carboxylic acids is 1. The topological polar surface area (TPSA) is 46.5 Å². The summed E-state index contributed by atoms with van der Waals surface area (Å²) >= 11 is 0. The number of fused-ring (bicyclic) bond motifs is 5. The van der Waals surface area contributed by atoms with Crippen LogP contribution >= 0.6 is 0 Å². The van der Waals surface area contributed by atoms with Gasteiger partial charge < -0.3 is 9.84 Å². The Labute approximate surface area is 177 Å². The molecule has 1 N–H and O–H groups in total.